The number of aromatic nitrogens is 2. The van der Waals surface area contributed by atoms with Crippen LogP contribution in [0.3, 0.4) is 0 Å². The number of amides is 2. The Morgan fingerprint density at radius 2 is 1.58 bits per heavy atom. The Morgan fingerprint density at radius 1 is 0.879 bits per heavy atom. The van der Waals surface area contributed by atoms with Crippen LogP contribution in [-0.2, 0) is 17.8 Å². The van der Waals surface area contributed by atoms with Crippen LogP contribution in [0, 0.1) is 12.7 Å². The lowest BCUT2D eigenvalue weighted by molar-refractivity contribution is -0.121. The van der Waals surface area contributed by atoms with Gasteiger partial charge in [-0.1, -0.05) is 72.3 Å². The fraction of sp³-hybridized carbons (Fsp3) is 0.115. The maximum absolute atomic E-state index is 13.0. The molecule has 166 valence electrons. The van der Waals surface area contributed by atoms with Crippen molar-refractivity contribution in [3.05, 3.63) is 113 Å². The van der Waals surface area contributed by atoms with E-state index in [4.69, 9.17) is 0 Å². The molecule has 2 N–H and O–H groups in total. The molecule has 0 aliphatic rings. The van der Waals surface area contributed by atoms with Gasteiger partial charge in [0.1, 0.15) is 11.5 Å². The summed E-state index contributed by atoms with van der Waals surface area (Å²) < 4.78 is 14.7. The molecule has 1 aromatic heterocycles. The molecule has 0 saturated carbocycles. The van der Waals surface area contributed by atoms with Crippen molar-refractivity contribution in [1.29, 1.82) is 0 Å². The maximum Gasteiger partial charge on any atom is 0.273 e. The number of aryl methyl sites for hydroxylation is 1. The standard InChI is InChI=1S/C26H23FN4O2/c1-18-7-11-21(12-8-18)25-23(17-31(30-25)16-20-5-3-2-4-6-20)26(33)29-28-24(32)15-19-9-13-22(27)14-10-19/h2-14,17H,15-16H2,1H3,(H,28,32)(H,29,33). The molecule has 6 nitrogen and oxygen atoms in total. The zero-order valence-corrected chi connectivity index (χ0v) is 18.1. The predicted octanol–water partition coefficient (Wildman–Crippen LogP) is 4.05. The van der Waals surface area contributed by atoms with Gasteiger partial charge in [0.25, 0.3) is 5.91 Å². The number of hydrogen-bond donors (Lipinski definition) is 2. The minimum atomic E-state index is -0.475. The van der Waals surface area contributed by atoms with Crippen LogP contribution >= 0.6 is 0 Å². The highest BCUT2D eigenvalue weighted by Crippen LogP contribution is 2.23. The number of nitrogens with zero attached hydrogens (tertiary/aromatic N) is 2. The number of hydrazine groups is 1. The highest BCUT2D eigenvalue weighted by molar-refractivity contribution is 6.00. The molecule has 3 aromatic carbocycles. The first kappa shape index (κ1) is 22.0. The number of halogens is 1. The van der Waals surface area contributed by atoms with Crippen LogP contribution in [0.5, 0.6) is 0 Å². The van der Waals surface area contributed by atoms with Crippen molar-refractivity contribution in [3.8, 4) is 11.3 Å². The van der Waals surface area contributed by atoms with Crippen LogP contribution in [0.4, 0.5) is 4.39 Å². The van der Waals surface area contributed by atoms with Crippen molar-refractivity contribution in [2.24, 2.45) is 0 Å². The van der Waals surface area contributed by atoms with Crippen molar-refractivity contribution in [2.75, 3.05) is 0 Å². The fourth-order valence-corrected chi connectivity index (χ4v) is 3.39. The van der Waals surface area contributed by atoms with Gasteiger partial charge in [0.05, 0.1) is 18.5 Å². The third kappa shape index (κ3) is 5.71. The molecule has 0 unspecified atom stereocenters. The summed E-state index contributed by atoms with van der Waals surface area (Å²) in [5.74, 6) is -1.26. The number of hydrogen-bond acceptors (Lipinski definition) is 3. The second-order valence-electron chi connectivity index (χ2n) is 7.75. The summed E-state index contributed by atoms with van der Waals surface area (Å²) in [6.07, 6.45) is 1.68. The maximum atomic E-state index is 13.0. The van der Waals surface area contributed by atoms with E-state index in [0.29, 0.717) is 23.4 Å². The Balaban J connectivity index is 1.51. The molecule has 0 fully saturated rings. The summed E-state index contributed by atoms with van der Waals surface area (Å²) in [4.78, 5) is 25.2. The lowest BCUT2D eigenvalue weighted by Crippen LogP contribution is -2.42. The van der Waals surface area contributed by atoms with E-state index in [9.17, 15) is 14.0 Å². The zero-order chi connectivity index (χ0) is 23.2. The second kappa shape index (κ2) is 9.91. The third-order valence-corrected chi connectivity index (χ3v) is 5.11. The number of carbonyl (C=O) groups excluding carboxylic acids is 2. The van der Waals surface area contributed by atoms with Crippen LogP contribution in [-0.4, -0.2) is 21.6 Å². The molecule has 4 aromatic rings. The number of carbonyl (C=O) groups is 2. The quantitative estimate of drug-likeness (QED) is 0.443. The fourth-order valence-electron chi connectivity index (χ4n) is 3.39. The van der Waals surface area contributed by atoms with Crippen molar-refractivity contribution in [2.45, 2.75) is 19.9 Å². The van der Waals surface area contributed by atoms with Gasteiger partial charge < -0.3 is 0 Å². The van der Waals surface area contributed by atoms with E-state index in [1.54, 1.807) is 10.9 Å². The molecule has 1 heterocycles. The van der Waals surface area contributed by atoms with Gasteiger partial charge in [0, 0.05) is 11.8 Å². The first-order valence-corrected chi connectivity index (χ1v) is 10.5. The van der Waals surface area contributed by atoms with E-state index in [0.717, 1.165) is 16.7 Å². The van der Waals surface area contributed by atoms with Crippen LogP contribution < -0.4 is 10.9 Å². The SMILES string of the molecule is Cc1ccc(-c2nn(Cc3ccccc3)cc2C(=O)NNC(=O)Cc2ccc(F)cc2)cc1. The molecule has 2 amide bonds. The molecule has 0 saturated heterocycles. The number of benzene rings is 3. The van der Waals surface area contributed by atoms with Gasteiger partial charge in [0.2, 0.25) is 5.91 Å². The first-order chi connectivity index (χ1) is 16.0. The number of nitrogens with one attached hydrogen (secondary N) is 2. The molecule has 0 aliphatic heterocycles. The normalized spacial score (nSPS) is 10.6. The predicted molar refractivity (Wildman–Crippen MR) is 124 cm³/mol. The molecule has 4 rings (SSSR count). The first-order valence-electron chi connectivity index (χ1n) is 10.5. The topological polar surface area (TPSA) is 76.0 Å². The van der Waals surface area contributed by atoms with Gasteiger partial charge in [-0.3, -0.25) is 25.1 Å². The van der Waals surface area contributed by atoms with Crippen LogP contribution in [0.2, 0.25) is 0 Å². The van der Waals surface area contributed by atoms with E-state index in [1.165, 1.54) is 24.3 Å². The van der Waals surface area contributed by atoms with E-state index in [1.807, 2.05) is 61.5 Å². The van der Waals surface area contributed by atoms with Crippen molar-refractivity contribution in [1.82, 2.24) is 20.6 Å². The summed E-state index contributed by atoms with van der Waals surface area (Å²) >= 11 is 0. The van der Waals surface area contributed by atoms with Crippen LogP contribution in [0.15, 0.2) is 85.1 Å². The highest BCUT2D eigenvalue weighted by atomic mass is 19.1. The van der Waals surface area contributed by atoms with E-state index < -0.39 is 11.8 Å². The Hall–Kier alpha value is -4.26. The van der Waals surface area contributed by atoms with E-state index in [-0.39, 0.29) is 12.2 Å². The third-order valence-electron chi connectivity index (χ3n) is 5.11. The summed E-state index contributed by atoms with van der Waals surface area (Å²) in [7, 11) is 0. The van der Waals surface area contributed by atoms with E-state index in [2.05, 4.69) is 16.0 Å². The zero-order valence-electron chi connectivity index (χ0n) is 18.1. The van der Waals surface area contributed by atoms with Crippen molar-refractivity contribution in [3.63, 3.8) is 0 Å². The van der Waals surface area contributed by atoms with Crippen LogP contribution in [0.25, 0.3) is 11.3 Å². The monoisotopic (exact) mass is 442 g/mol. The molecule has 7 heteroatoms. The lowest BCUT2D eigenvalue weighted by Gasteiger charge is -2.08. The van der Waals surface area contributed by atoms with E-state index >= 15 is 0 Å². The largest absolute Gasteiger partial charge is 0.273 e. The highest BCUT2D eigenvalue weighted by Gasteiger charge is 2.19. The summed E-state index contributed by atoms with van der Waals surface area (Å²) in [6, 6.07) is 23.2. The van der Waals surface area contributed by atoms with Crippen molar-refractivity contribution < 1.29 is 14.0 Å². The van der Waals surface area contributed by atoms with Gasteiger partial charge in [0.15, 0.2) is 0 Å². The average molecular weight is 442 g/mol. The van der Waals surface area contributed by atoms with Gasteiger partial charge >= 0.3 is 0 Å². The molecular weight excluding hydrogens is 419 g/mol. The smallest absolute Gasteiger partial charge is 0.273 e. The van der Waals surface area contributed by atoms with Crippen LogP contribution in [0.1, 0.15) is 27.0 Å². The van der Waals surface area contributed by atoms with Crippen molar-refractivity contribution >= 4 is 11.8 Å². The molecule has 0 spiro atoms. The Bertz CT molecular complexity index is 1250. The Morgan fingerprint density at radius 3 is 2.27 bits per heavy atom. The Labute approximate surface area is 191 Å². The van der Waals surface area contributed by atoms with Gasteiger partial charge in [-0.05, 0) is 30.2 Å². The van der Waals surface area contributed by atoms with Gasteiger partial charge in [-0.2, -0.15) is 5.10 Å². The molecule has 0 radical (unpaired) electrons. The average Bonchev–Trinajstić information content (AvgIpc) is 3.24. The molecular formula is C26H23FN4O2. The molecule has 0 atom stereocenters. The molecule has 0 bridgehead atoms. The van der Waals surface area contributed by atoms with Gasteiger partial charge in [-0.15, -0.1) is 0 Å². The Kier molecular flexibility index (Phi) is 6.59. The second-order valence-corrected chi connectivity index (χ2v) is 7.75. The molecule has 33 heavy (non-hydrogen) atoms. The minimum Gasteiger partial charge on any atom is -0.273 e. The summed E-state index contributed by atoms with van der Waals surface area (Å²) in [6.45, 7) is 2.49. The van der Waals surface area contributed by atoms with Gasteiger partial charge in [-0.25, -0.2) is 4.39 Å². The lowest BCUT2D eigenvalue weighted by atomic mass is 10.1. The number of rotatable bonds is 6. The summed E-state index contributed by atoms with van der Waals surface area (Å²) in [5, 5.41) is 4.64. The molecule has 0 aliphatic carbocycles. The minimum absolute atomic E-state index is 0.0125. The summed E-state index contributed by atoms with van der Waals surface area (Å²) in [5.41, 5.74) is 9.34.